The first-order chi connectivity index (χ1) is 12.8. The van der Waals surface area contributed by atoms with Gasteiger partial charge in [-0.2, -0.15) is 14.4 Å². The minimum absolute atomic E-state index is 0.0969. The Morgan fingerprint density at radius 3 is 2.64 bits per heavy atom. The van der Waals surface area contributed by atoms with Gasteiger partial charge < -0.3 is 13.9 Å². The molecular formula is C16H25N4O6SSi-. The number of urea groups is 1. The van der Waals surface area contributed by atoms with E-state index in [4.69, 9.17) is 4.43 Å². The van der Waals surface area contributed by atoms with Crippen molar-refractivity contribution in [3.8, 4) is 0 Å². The summed E-state index contributed by atoms with van der Waals surface area (Å²) in [5.74, 6) is 0. The SMILES string of the molecule is CC(C)(C)[Si](C)(C)OCc1ccn(C2=CC3CN(C2)C(=O)N3OS(=O)(=O)[O-])n1. The fourth-order valence-electron chi connectivity index (χ4n) is 2.79. The Hall–Kier alpha value is -1.73. The van der Waals surface area contributed by atoms with Gasteiger partial charge in [0.05, 0.1) is 24.5 Å². The lowest BCUT2D eigenvalue weighted by Crippen LogP contribution is -2.40. The Kier molecular flexibility index (Phi) is 5.21. The van der Waals surface area contributed by atoms with Crippen LogP contribution in [-0.4, -0.2) is 66.2 Å². The fourth-order valence-corrected chi connectivity index (χ4v) is 4.10. The zero-order valence-electron chi connectivity index (χ0n) is 16.6. The normalized spacial score (nSPS) is 20.7. The van der Waals surface area contributed by atoms with E-state index >= 15 is 0 Å². The predicted molar refractivity (Wildman–Crippen MR) is 102 cm³/mol. The number of amides is 2. The average Bonchev–Trinajstić information content (AvgIpc) is 3.11. The zero-order valence-corrected chi connectivity index (χ0v) is 18.4. The van der Waals surface area contributed by atoms with Gasteiger partial charge >= 0.3 is 6.03 Å². The number of carbonyl (C=O) groups excluding carboxylic acids is 1. The summed E-state index contributed by atoms with van der Waals surface area (Å²) in [6.45, 7) is 11.7. The average molecular weight is 430 g/mol. The van der Waals surface area contributed by atoms with Crippen LogP contribution in [0, 0.1) is 0 Å². The minimum Gasteiger partial charge on any atom is -0.724 e. The number of rotatable bonds is 6. The Bertz CT molecular complexity index is 904. The van der Waals surface area contributed by atoms with Crippen molar-refractivity contribution in [2.75, 3.05) is 13.1 Å². The summed E-state index contributed by atoms with van der Waals surface area (Å²) in [4.78, 5) is 13.6. The van der Waals surface area contributed by atoms with Gasteiger partial charge in [0.15, 0.2) is 8.32 Å². The maximum atomic E-state index is 12.2. The van der Waals surface area contributed by atoms with E-state index in [9.17, 15) is 17.8 Å². The molecule has 0 saturated carbocycles. The molecule has 2 bridgehead atoms. The number of hydrogen-bond acceptors (Lipinski definition) is 7. The molecule has 1 aromatic rings. The Morgan fingerprint density at radius 2 is 2.04 bits per heavy atom. The predicted octanol–water partition coefficient (Wildman–Crippen LogP) is 1.76. The van der Waals surface area contributed by atoms with Crippen LogP contribution in [0.25, 0.3) is 5.70 Å². The van der Waals surface area contributed by atoms with E-state index in [1.165, 1.54) is 4.90 Å². The van der Waals surface area contributed by atoms with Gasteiger partial charge in [-0.1, -0.05) is 20.8 Å². The van der Waals surface area contributed by atoms with Crippen molar-refractivity contribution in [2.24, 2.45) is 0 Å². The number of nitrogens with zero attached hydrogens (tertiary/aromatic N) is 4. The fraction of sp³-hybridized carbons (Fsp3) is 0.625. The molecule has 12 heteroatoms. The molecule has 1 saturated heterocycles. The summed E-state index contributed by atoms with van der Waals surface area (Å²) in [6, 6.07) is 0.512. The largest absolute Gasteiger partial charge is 0.724 e. The highest BCUT2D eigenvalue weighted by Crippen LogP contribution is 2.37. The number of aromatic nitrogens is 2. The summed E-state index contributed by atoms with van der Waals surface area (Å²) in [5, 5.41) is 5.20. The van der Waals surface area contributed by atoms with Gasteiger partial charge in [-0.3, -0.25) is 0 Å². The topological polar surface area (TPSA) is 117 Å². The molecule has 2 amide bonds. The summed E-state index contributed by atoms with van der Waals surface area (Å²) < 4.78 is 44.7. The smallest absolute Gasteiger partial charge is 0.346 e. The number of hydrogen-bond donors (Lipinski definition) is 0. The second-order valence-electron chi connectivity index (χ2n) is 8.50. The highest BCUT2D eigenvalue weighted by molar-refractivity contribution is 7.80. The van der Waals surface area contributed by atoms with Crippen LogP contribution in [0.2, 0.25) is 18.1 Å². The summed E-state index contributed by atoms with van der Waals surface area (Å²) in [5.41, 5.74) is 1.46. The Labute approximate surface area is 165 Å². The number of carbonyl (C=O) groups is 1. The van der Waals surface area contributed by atoms with Crippen molar-refractivity contribution in [3.05, 3.63) is 24.0 Å². The van der Waals surface area contributed by atoms with Gasteiger partial charge in [0.1, 0.15) is 6.04 Å². The zero-order chi connectivity index (χ0) is 20.9. The van der Waals surface area contributed by atoms with Crippen LogP contribution in [-0.2, 0) is 25.7 Å². The van der Waals surface area contributed by atoms with Crippen molar-refractivity contribution < 1.29 is 26.5 Å². The molecule has 156 valence electrons. The van der Waals surface area contributed by atoms with Gasteiger partial charge in [-0.05, 0) is 30.3 Å². The van der Waals surface area contributed by atoms with E-state index in [0.29, 0.717) is 17.4 Å². The molecule has 1 fully saturated rings. The first-order valence-corrected chi connectivity index (χ1v) is 13.1. The lowest BCUT2D eigenvalue weighted by Gasteiger charge is -2.35. The van der Waals surface area contributed by atoms with E-state index in [2.05, 4.69) is 43.2 Å². The quantitative estimate of drug-likeness (QED) is 0.384. The molecular weight excluding hydrogens is 404 g/mol. The van der Waals surface area contributed by atoms with E-state index in [0.717, 1.165) is 5.69 Å². The molecule has 3 rings (SSSR count). The first kappa shape index (κ1) is 21.0. The molecule has 0 radical (unpaired) electrons. The van der Waals surface area contributed by atoms with Crippen LogP contribution in [0.3, 0.4) is 0 Å². The van der Waals surface area contributed by atoms with Crippen molar-refractivity contribution in [1.82, 2.24) is 19.7 Å². The monoisotopic (exact) mass is 429 g/mol. The molecule has 1 aromatic heterocycles. The molecule has 28 heavy (non-hydrogen) atoms. The molecule has 0 spiro atoms. The highest BCUT2D eigenvalue weighted by Gasteiger charge is 2.42. The molecule has 2 aliphatic rings. The lowest BCUT2D eigenvalue weighted by molar-refractivity contribution is -0.0195. The van der Waals surface area contributed by atoms with Crippen LogP contribution < -0.4 is 0 Å². The molecule has 1 unspecified atom stereocenters. The molecule has 3 heterocycles. The van der Waals surface area contributed by atoms with Crippen molar-refractivity contribution in [3.63, 3.8) is 0 Å². The minimum atomic E-state index is -5.03. The van der Waals surface area contributed by atoms with Crippen molar-refractivity contribution in [2.45, 2.75) is 51.6 Å². The van der Waals surface area contributed by atoms with Gasteiger partial charge in [0.2, 0.25) is 10.4 Å². The Morgan fingerprint density at radius 1 is 1.36 bits per heavy atom. The van der Waals surface area contributed by atoms with Gasteiger partial charge in [0.25, 0.3) is 0 Å². The second kappa shape index (κ2) is 6.95. The standard InChI is InChI=1S/C16H26N4O6SSi/c1-16(2,3)28(4,5)25-11-12-6-7-19(17-12)13-8-14-10-18(9-13)15(21)20(14)26-27(22,23)24/h6-8,14H,9-11H2,1-5H3,(H,22,23,24)/p-1. The summed E-state index contributed by atoms with van der Waals surface area (Å²) in [6.07, 6.45) is 3.44. The van der Waals surface area contributed by atoms with Crippen molar-refractivity contribution in [1.29, 1.82) is 0 Å². The van der Waals surface area contributed by atoms with Crippen LogP contribution in [0.15, 0.2) is 18.3 Å². The summed E-state index contributed by atoms with van der Waals surface area (Å²) in [7, 11) is -6.92. The van der Waals surface area contributed by atoms with Crippen LogP contribution in [0.1, 0.15) is 26.5 Å². The van der Waals surface area contributed by atoms with E-state index in [1.807, 2.05) is 6.07 Å². The van der Waals surface area contributed by atoms with E-state index < -0.39 is 30.8 Å². The van der Waals surface area contributed by atoms with Crippen molar-refractivity contribution >= 4 is 30.4 Å². The third-order valence-electron chi connectivity index (χ3n) is 5.40. The summed E-state index contributed by atoms with van der Waals surface area (Å²) >= 11 is 0. The van der Waals surface area contributed by atoms with Crippen LogP contribution in [0.4, 0.5) is 4.79 Å². The molecule has 0 aromatic carbocycles. The third-order valence-corrected chi connectivity index (χ3v) is 10.2. The maximum absolute atomic E-state index is 12.2. The van der Waals surface area contributed by atoms with Crippen LogP contribution in [0.5, 0.6) is 0 Å². The van der Waals surface area contributed by atoms with Gasteiger partial charge in [0, 0.05) is 12.7 Å². The first-order valence-electron chi connectivity index (χ1n) is 8.90. The number of hydroxylamine groups is 2. The van der Waals surface area contributed by atoms with Crippen LogP contribution >= 0.6 is 0 Å². The molecule has 2 aliphatic heterocycles. The number of fused-ring (bicyclic) bond motifs is 2. The van der Waals surface area contributed by atoms with Gasteiger partial charge in [-0.25, -0.2) is 17.9 Å². The molecule has 1 atom stereocenters. The lowest BCUT2D eigenvalue weighted by atomic mass is 10.2. The Balaban J connectivity index is 1.72. The highest BCUT2D eigenvalue weighted by atomic mass is 32.3. The maximum Gasteiger partial charge on any atom is 0.346 e. The van der Waals surface area contributed by atoms with E-state index in [1.54, 1.807) is 17.0 Å². The van der Waals surface area contributed by atoms with E-state index in [-0.39, 0.29) is 18.1 Å². The molecule has 0 aliphatic carbocycles. The molecule has 0 N–H and O–H groups in total. The second-order valence-corrected chi connectivity index (χ2v) is 14.3. The van der Waals surface area contributed by atoms with Gasteiger partial charge in [-0.15, -0.1) is 0 Å². The third kappa shape index (κ3) is 4.30. The molecule has 10 nitrogen and oxygen atoms in total.